The van der Waals surface area contributed by atoms with Crippen LogP contribution in [0.25, 0.3) is 5.65 Å². The molecule has 21 heavy (non-hydrogen) atoms. The van der Waals surface area contributed by atoms with E-state index >= 15 is 0 Å². The van der Waals surface area contributed by atoms with Crippen molar-refractivity contribution in [2.75, 3.05) is 5.32 Å². The summed E-state index contributed by atoms with van der Waals surface area (Å²) < 4.78 is 1.69. The third-order valence-electron chi connectivity index (χ3n) is 3.23. The molecule has 2 aromatic heterocycles. The van der Waals surface area contributed by atoms with Crippen LogP contribution in [-0.4, -0.2) is 19.8 Å². The second kappa shape index (κ2) is 5.50. The molecule has 0 aliphatic heterocycles. The maximum atomic E-state index is 6.24. The SMILES string of the molecule is Cc1nnc2ccc(NC(C)c3cccc(Cl)c3Cl)nn12. The first-order valence-corrected chi connectivity index (χ1v) is 7.21. The molecule has 0 spiro atoms. The van der Waals surface area contributed by atoms with Crippen molar-refractivity contribution in [3.8, 4) is 0 Å². The minimum Gasteiger partial charge on any atom is -0.362 e. The highest BCUT2D eigenvalue weighted by Crippen LogP contribution is 2.31. The minimum absolute atomic E-state index is 0.0297. The zero-order chi connectivity index (χ0) is 15.0. The summed E-state index contributed by atoms with van der Waals surface area (Å²) in [5.41, 5.74) is 1.64. The van der Waals surface area contributed by atoms with Gasteiger partial charge in [-0.15, -0.1) is 15.3 Å². The van der Waals surface area contributed by atoms with E-state index in [0.717, 1.165) is 11.4 Å². The van der Waals surface area contributed by atoms with Crippen molar-refractivity contribution >= 4 is 34.7 Å². The molecule has 0 saturated carbocycles. The average molecular weight is 322 g/mol. The van der Waals surface area contributed by atoms with Crippen LogP contribution in [0.5, 0.6) is 0 Å². The van der Waals surface area contributed by atoms with Gasteiger partial charge in [0.2, 0.25) is 0 Å². The third-order valence-corrected chi connectivity index (χ3v) is 4.06. The molecular weight excluding hydrogens is 309 g/mol. The van der Waals surface area contributed by atoms with Crippen LogP contribution >= 0.6 is 23.2 Å². The number of nitrogens with one attached hydrogen (secondary N) is 1. The molecule has 2 heterocycles. The Morgan fingerprint density at radius 1 is 1.14 bits per heavy atom. The molecule has 1 unspecified atom stereocenters. The first kappa shape index (κ1) is 14.1. The van der Waals surface area contributed by atoms with E-state index in [2.05, 4.69) is 20.6 Å². The zero-order valence-electron chi connectivity index (χ0n) is 11.5. The minimum atomic E-state index is -0.0297. The van der Waals surface area contributed by atoms with Gasteiger partial charge < -0.3 is 5.32 Å². The Morgan fingerprint density at radius 2 is 1.95 bits per heavy atom. The van der Waals surface area contributed by atoms with Crippen LogP contribution in [0.2, 0.25) is 10.0 Å². The van der Waals surface area contributed by atoms with Crippen molar-refractivity contribution in [2.24, 2.45) is 0 Å². The summed E-state index contributed by atoms with van der Waals surface area (Å²) in [7, 11) is 0. The fraction of sp³-hybridized carbons (Fsp3) is 0.214. The topological polar surface area (TPSA) is 55.1 Å². The van der Waals surface area contributed by atoms with E-state index in [0.29, 0.717) is 21.5 Å². The standard InChI is InChI=1S/C14H13Cl2N5/c1-8(10-4-3-5-11(15)14(10)16)17-12-6-7-13-19-18-9(2)21(13)20-12/h3-8H,1-2H3,(H,17,20). The largest absolute Gasteiger partial charge is 0.362 e. The molecule has 1 atom stereocenters. The van der Waals surface area contributed by atoms with Gasteiger partial charge in [0.05, 0.1) is 16.1 Å². The molecule has 0 radical (unpaired) electrons. The molecule has 0 fully saturated rings. The molecule has 108 valence electrons. The first-order valence-electron chi connectivity index (χ1n) is 6.46. The summed E-state index contributed by atoms with van der Waals surface area (Å²) in [5, 5.41) is 16.9. The molecule has 7 heteroatoms. The van der Waals surface area contributed by atoms with E-state index in [1.54, 1.807) is 10.6 Å². The van der Waals surface area contributed by atoms with E-state index < -0.39 is 0 Å². The Hall–Kier alpha value is -1.85. The van der Waals surface area contributed by atoms with Crippen molar-refractivity contribution in [1.82, 2.24) is 19.8 Å². The molecule has 3 rings (SSSR count). The second-order valence-electron chi connectivity index (χ2n) is 4.74. The lowest BCUT2D eigenvalue weighted by Gasteiger charge is -2.16. The van der Waals surface area contributed by atoms with Crippen molar-refractivity contribution in [3.63, 3.8) is 0 Å². The van der Waals surface area contributed by atoms with Gasteiger partial charge in [-0.25, -0.2) is 0 Å². The van der Waals surface area contributed by atoms with Gasteiger partial charge in [-0.2, -0.15) is 4.52 Å². The normalized spacial score (nSPS) is 12.6. The van der Waals surface area contributed by atoms with Gasteiger partial charge in [0.25, 0.3) is 0 Å². The van der Waals surface area contributed by atoms with Gasteiger partial charge >= 0.3 is 0 Å². The predicted octanol–water partition coefficient (Wildman–Crippen LogP) is 3.91. The van der Waals surface area contributed by atoms with E-state index in [-0.39, 0.29) is 6.04 Å². The molecule has 0 aliphatic rings. The van der Waals surface area contributed by atoms with Gasteiger partial charge in [0.15, 0.2) is 11.5 Å². The average Bonchev–Trinajstić information content (AvgIpc) is 2.83. The lowest BCUT2D eigenvalue weighted by molar-refractivity contribution is 0.829. The summed E-state index contributed by atoms with van der Waals surface area (Å²) in [4.78, 5) is 0. The van der Waals surface area contributed by atoms with Gasteiger partial charge in [-0.3, -0.25) is 0 Å². The molecule has 1 N–H and O–H groups in total. The number of hydrogen-bond donors (Lipinski definition) is 1. The Labute approximate surface area is 131 Å². The first-order chi connectivity index (χ1) is 10.1. The maximum Gasteiger partial charge on any atom is 0.178 e. The number of aromatic nitrogens is 4. The highest BCUT2D eigenvalue weighted by Gasteiger charge is 2.13. The van der Waals surface area contributed by atoms with Gasteiger partial charge in [0.1, 0.15) is 5.82 Å². The highest BCUT2D eigenvalue weighted by molar-refractivity contribution is 6.42. The number of fused-ring (bicyclic) bond motifs is 1. The number of hydrogen-bond acceptors (Lipinski definition) is 4. The number of nitrogens with zero attached hydrogens (tertiary/aromatic N) is 4. The monoisotopic (exact) mass is 321 g/mol. The zero-order valence-corrected chi connectivity index (χ0v) is 13.0. The van der Waals surface area contributed by atoms with E-state index in [9.17, 15) is 0 Å². The number of halogens is 2. The molecule has 1 aromatic carbocycles. The van der Waals surface area contributed by atoms with Gasteiger partial charge in [0, 0.05) is 0 Å². The lowest BCUT2D eigenvalue weighted by atomic mass is 10.1. The van der Waals surface area contributed by atoms with E-state index in [4.69, 9.17) is 23.2 Å². The fourth-order valence-corrected chi connectivity index (χ4v) is 2.60. The summed E-state index contributed by atoms with van der Waals surface area (Å²) >= 11 is 12.3. The van der Waals surface area contributed by atoms with Crippen LogP contribution < -0.4 is 5.32 Å². The Bertz CT molecular complexity index is 799. The number of benzene rings is 1. The quantitative estimate of drug-likeness (QED) is 0.794. The number of anilines is 1. The summed E-state index contributed by atoms with van der Waals surface area (Å²) in [6.45, 7) is 3.86. The van der Waals surface area contributed by atoms with Crippen LogP contribution in [0.1, 0.15) is 24.4 Å². The fourth-order valence-electron chi connectivity index (χ4n) is 2.13. The van der Waals surface area contributed by atoms with Crippen molar-refractivity contribution in [3.05, 3.63) is 51.8 Å². The molecule has 0 saturated heterocycles. The van der Waals surface area contributed by atoms with Gasteiger partial charge in [-0.05, 0) is 37.6 Å². The van der Waals surface area contributed by atoms with Crippen LogP contribution in [-0.2, 0) is 0 Å². The molecule has 5 nitrogen and oxygen atoms in total. The molecule has 3 aromatic rings. The summed E-state index contributed by atoms with van der Waals surface area (Å²) in [5.74, 6) is 1.45. The van der Waals surface area contributed by atoms with Gasteiger partial charge in [-0.1, -0.05) is 35.3 Å². The molecular formula is C14H13Cl2N5. The second-order valence-corrected chi connectivity index (χ2v) is 5.53. The Kier molecular flexibility index (Phi) is 3.69. The van der Waals surface area contributed by atoms with Crippen LogP contribution in [0.15, 0.2) is 30.3 Å². The van der Waals surface area contributed by atoms with E-state index in [1.807, 2.05) is 38.1 Å². The molecule has 0 amide bonds. The highest BCUT2D eigenvalue weighted by atomic mass is 35.5. The van der Waals surface area contributed by atoms with E-state index in [1.165, 1.54) is 0 Å². The van der Waals surface area contributed by atoms with Crippen LogP contribution in [0.3, 0.4) is 0 Å². The lowest BCUT2D eigenvalue weighted by Crippen LogP contribution is -2.10. The van der Waals surface area contributed by atoms with Crippen molar-refractivity contribution in [2.45, 2.75) is 19.9 Å². The molecule has 0 aliphatic carbocycles. The van der Waals surface area contributed by atoms with Crippen LogP contribution in [0.4, 0.5) is 5.82 Å². The third kappa shape index (κ3) is 2.66. The number of aryl methyl sites for hydroxylation is 1. The van der Waals surface area contributed by atoms with Crippen molar-refractivity contribution in [1.29, 1.82) is 0 Å². The Balaban J connectivity index is 1.90. The summed E-state index contributed by atoms with van der Waals surface area (Å²) in [6, 6.07) is 9.28. The van der Waals surface area contributed by atoms with Crippen molar-refractivity contribution < 1.29 is 0 Å². The van der Waals surface area contributed by atoms with Crippen LogP contribution in [0, 0.1) is 6.92 Å². The smallest absolute Gasteiger partial charge is 0.178 e. The Morgan fingerprint density at radius 3 is 2.76 bits per heavy atom. The number of rotatable bonds is 3. The maximum absolute atomic E-state index is 6.24. The predicted molar refractivity (Wildman–Crippen MR) is 84.0 cm³/mol. The summed E-state index contributed by atoms with van der Waals surface area (Å²) in [6.07, 6.45) is 0. The molecule has 0 bridgehead atoms.